The third kappa shape index (κ3) is 5.08. The van der Waals surface area contributed by atoms with Gasteiger partial charge in [-0.25, -0.2) is 13.4 Å². The van der Waals surface area contributed by atoms with Crippen molar-refractivity contribution in [3.05, 3.63) is 65.5 Å². The Labute approximate surface area is 224 Å². The molecule has 0 spiro atoms. The summed E-state index contributed by atoms with van der Waals surface area (Å²) in [4.78, 5) is 20.5. The van der Waals surface area contributed by atoms with E-state index in [0.717, 1.165) is 10.3 Å². The van der Waals surface area contributed by atoms with Gasteiger partial charge in [0, 0.05) is 13.1 Å². The van der Waals surface area contributed by atoms with Crippen LogP contribution in [0.1, 0.15) is 18.4 Å². The number of thiazole rings is 1. The number of sulfonamides is 1. The maximum absolute atomic E-state index is 14.1. The van der Waals surface area contributed by atoms with Gasteiger partial charge in [0.15, 0.2) is 5.13 Å². The number of benzene rings is 2. The van der Waals surface area contributed by atoms with E-state index in [1.165, 1.54) is 27.0 Å². The van der Waals surface area contributed by atoms with Crippen LogP contribution >= 0.6 is 22.7 Å². The molecule has 4 aromatic rings. The van der Waals surface area contributed by atoms with Gasteiger partial charge in [0.2, 0.25) is 5.91 Å². The number of aromatic nitrogens is 1. The third-order valence-corrected chi connectivity index (χ3v) is 10.7. The number of carbonyl (C=O) groups is 1. The maximum Gasteiger partial charge on any atom is 0.252 e. The van der Waals surface area contributed by atoms with Crippen LogP contribution < -0.4 is 14.4 Å². The molecule has 1 amide bonds. The van der Waals surface area contributed by atoms with Crippen molar-refractivity contribution >= 4 is 54.0 Å². The van der Waals surface area contributed by atoms with E-state index < -0.39 is 15.9 Å². The number of hydrogen-bond acceptors (Lipinski definition) is 8. The number of methoxy groups -OCH3 is 2. The molecule has 0 radical (unpaired) electrons. The number of thiophene rings is 1. The van der Waals surface area contributed by atoms with Gasteiger partial charge in [-0.1, -0.05) is 47.7 Å². The molecule has 2 aromatic heterocycles. The third-order valence-electron chi connectivity index (χ3n) is 6.40. The molecule has 1 unspecified atom stereocenters. The lowest BCUT2D eigenvalue weighted by atomic mass is 9.98. The minimum atomic E-state index is -3.64. The van der Waals surface area contributed by atoms with Crippen molar-refractivity contribution in [1.29, 1.82) is 0 Å². The number of carbonyl (C=O) groups excluding carboxylic acids is 1. The molecule has 37 heavy (non-hydrogen) atoms. The summed E-state index contributed by atoms with van der Waals surface area (Å²) in [7, 11) is -0.461. The van der Waals surface area contributed by atoms with Crippen LogP contribution in [-0.4, -0.2) is 50.9 Å². The van der Waals surface area contributed by atoms with Crippen molar-refractivity contribution in [2.75, 3.05) is 32.2 Å². The number of ether oxygens (including phenoxy) is 2. The fourth-order valence-corrected chi connectivity index (χ4v) is 8.26. The molecule has 2 aromatic carbocycles. The van der Waals surface area contributed by atoms with E-state index in [4.69, 9.17) is 14.5 Å². The van der Waals surface area contributed by atoms with E-state index in [2.05, 4.69) is 0 Å². The number of hydrogen-bond donors (Lipinski definition) is 0. The summed E-state index contributed by atoms with van der Waals surface area (Å²) in [5.41, 5.74) is 1.58. The minimum Gasteiger partial charge on any atom is -0.495 e. The summed E-state index contributed by atoms with van der Waals surface area (Å²) in [6.07, 6.45) is 1.22. The molecule has 3 heterocycles. The first-order valence-electron chi connectivity index (χ1n) is 11.8. The fourth-order valence-electron chi connectivity index (χ4n) is 4.52. The van der Waals surface area contributed by atoms with Gasteiger partial charge in [0.25, 0.3) is 10.0 Å². The molecule has 0 aliphatic carbocycles. The topological polar surface area (TPSA) is 89.0 Å². The number of nitrogens with zero attached hydrogens (tertiary/aromatic N) is 3. The van der Waals surface area contributed by atoms with Crippen LogP contribution in [0.5, 0.6) is 11.5 Å². The summed E-state index contributed by atoms with van der Waals surface area (Å²) in [6.45, 7) is 0.860. The van der Waals surface area contributed by atoms with Gasteiger partial charge in [0.05, 0.1) is 26.7 Å². The molecule has 1 aliphatic rings. The molecule has 1 fully saturated rings. The second-order valence-corrected chi connectivity index (χ2v) is 12.8. The highest BCUT2D eigenvalue weighted by atomic mass is 32.2. The smallest absolute Gasteiger partial charge is 0.252 e. The predicted octanol–water partition coefficient (Wildman–Crippen LogP) is 5.01. The summed E-state index contributed by atoms with van der Waals surface area (Å²) in [6, 6.07) is 16.7. The van der Waals surface area contributed by atoms with Crippen molar-refractivity contribution in [2.24, 2.45) is 5.92 Å². The molecule has 1 atom stereocenters. The molecule has 1 saturated heterocycles. The summed E-state index contributed by atoms with van der Waals surface area (Å²) >= 11 is 2.55. The van der Waals surface area contributed by atoms with Gasteiger partial charge >= 0.3 is 0 Å². The summed E-state index contributed by atoms with van der Waals surface area (Å²) < 4.78 is 39.9. The molecular formula is C26H27N3O5S3. The van der Waals surface area contributed by atoms with E-state index in [1.54, 1.807) is 42.7 Å². The average molecular weight is 558 g/mol. The molecule has 0 N–H and O–H groups in total. The highest BCUT2D eigenvalue weighted by Crippen LogP contribution is 2.41. The van der Waals surface area contributed by atoms with Crippen molar-refractivity contribution in [3.8, 4) is 11.5 Å². The van der Waals surface area contributed by atoms with Crippen LogP contribution in [0, 0.1) is 5.92 Å². The van der Waals surface area contributed by atoms with Gasteiger partial charge in [-0.3, -0.25) is 9.69 Å². The molecule has 0 saturated carbocycles. The Morgan fingerprint density at radius 2 is 1.84 bits per heavy atom. The highest BCUT2D eigenvalue weighted by Gasteiger charge is 2.36. The molecule has 194 valence electrons. The predicted molar refractivity (Wildman–Crippen MR) is 146 cm³/mol. The van der Waals surface area contributed by atoms with E-state index in [9.17, 15) is 13.2 Å². The largest absolute Gasteiger partial charge is 0.495 e. The summed E-state index contributed by atoms with van der Waals surface area (Å²) in [5.74, 6) is 0.615. The Morgan fingerprint density at radius 1 is 1.08 bits per heavy atom. The zero-order chi connectivity index (χ0) is 26.0. The maximum atomic E-state index is 14.1. The molecule has 5 rings (SSSR count). The lowest BCUT2D eigenvalue weighted by molar-refractivity contribution is -0.123. The van der Waals surface area contributed by atoms with Crippen molar-refractivity contribution in [1.82, 2.24) is 9.29 Å². The van der Waals surface area contributed by atoms with Crippen LogP contribution in [0.25, 0.3) is 10.2 Å². The number of fused-ring (bicyclic) bond motifs is 1. The molecule has 8 nitrogen and oxygen atoms in total. The molecule has 1 aliphatic heterocycles. The Bertz CT molecular complexity index is 1450. The molecule has 11 heteroatoms. The van der Waals surface area contributed by atoms with Gasteiger partial charge in [-0.05, 0) is 42.0 Å². The zero-order valence-corrected chi connectivity index (χ0v) is 22.9. The van der Waals surface area contributed by atoms with E-state index in [-0.39, 0.29) is 12.5 Å². The van der Waals surface area contributed by atoms with E-state index in [0.29, 0.717) is 52.3 Å². The second kappa shape index (κ2) is 10.8. The van der Waals surface area contributed by atoms with Crippen LogP contribution in [0.3, 0.4) is 0 Å². The van der Waals surface area contributed by atoms with Gasteiger partial charge in [-0.2, -0.15) is 4.31 Å². The van der Waals surface area contributed by atoms with Crippen LogP contribution in [0.15, 0.2) is 64.2 Å². The number of rotatable bonds is 8. The average Bonchev–Trinajstić information content (AvgIpc) is 3.63. The first-order chi connectivity index (χ1) is 17.9. The Morgan fingerprint density at radius 3 is 2.54 bits per heavy atom. The van der Waals surface area contributed by atoms with Crippen LogP contribution in [0.2, 0.25) is 0 Å². The minimum absolute atomic E-state index is 0.141. The number of piperidine rings is 1. The summed E-state index contributed by atoms with van der Waals surface area (Å²) in [5, 5.41) is 2.27. The number of amides is 1. The van der Waals surface area contributed by atoms with Gasteiger partial charge < -0.3 is 9.47 Å². The fraction of sp³-hybridized carbons (Fsp3) is 0.308. The Kier molecular flexibility index (Phi) is 7.47. The van der Waals surface area contributed by atoms with E-state index in [1.807, 2.05) is 36.4 Å². The van der Waals surface area contributed by atoms with E-state index >= 15 is 0 Å². The first-order valence-corrected chi connectivity index (χ1v) is 15.0. The van der Waals surface area contributed by atoms with Crippen molar-refractivity contribution < 1.29 is 22.7 Å². The Hall–Kier alpha value is -2.99. The van der Waals surface area contributed by atoms with Crippen LogP contribution in [-0.2, 0) is 21.4 Å². The standard InChI is InChI=1S/C26H27N3O5S3/c1-33-20-12-13-21(34-2)24-23(20)27-26(36-24)29(16-18-8-4-3-5-9-18)25(30)19-10-6-14-28(17-19)37(31,32)22-11-7-15-35-22/h3-5,7-9,11-13,15,19H,6,10,14,16-17H2,1-2H3. The second-order valence-electron chi connectivity index (χ2n) is 8.69. The highest BCUT2D eigenvalue weighted by molar-refractivity contribution is 7.91. The Balaban J connectivity index is 1.51. The van der Waals surface area contributed by atoms with Gasteiger partial charge in [0.1, 0.15) is 25.9 Å². The lowest BCUT2D eigenvalue weighted by Crippen LogP contribution is -2.46. The SMILES string of the molecule is COc1ccc(OC)c2sc(N(Cc3ccccc3)C(=O)C3CCCN(S(=O)(=O)c4cccs4)C3)nc12. The molecule has 0 bridgehead atoms. The zero-order valence-electron chi connectivity index (χ0n) is 20.5. The number of anilines is 1. The normalized spacial score (nSPS) is 16.5. The van der Waals surface area contributed by atoms with Crippen LogP contribution in [0.4, 0.5) is 5.13 Å². The van der Waals surface area contributed by atoms with Gasteiger partial charge in [-0.15, -0.1) is 11.3 Å². The first kappa shape index (κ1) is 25.7. The quantitative estimate of drug-likeness (QED) is 0.303. The molecular weight excluding hydrogens is 531 g/mol. The van der Waals surface area contributed by atoms with Crippen molar-refractivity contribution in [2.45, 2.75) is 23.6 Å². The lowest BCUT2D eigenvalue weighted by Gasteiger charge is -2.33. The monoisotopic (exact) mass is 557 g/mol. The van der Waals surface area contributed by atoms with Crippen molar-refractivity contribution in [3.63, 3.8) is 0 Å².